The van der Waals surface area contributed by atoms with Crippen LogP contribution in [0, 0.1) is 22.7 Å². The summed E-state index contributed by atoms with van der Waals surface area (Å²) in [4.78, 5) is 16.0. The first-order chi connectivity index (χ1) is 14.9. The lowest BCUT2D eigenvalue weighted by molar-refractivity contribution is -0.137. The molecular weight excluding hydrogens is 392 g/mol. The number of rotatable bonds is 9. The third-order valence-electron chi connectivity index (χ3n) is 5.38. The Labute approximate surface area is 182 Å². The number of carboxylic acids is 1. The summed E-state index contributed by atoms with van der Waals surface area (Å²) in [7, 11) is 1.54. The number of hydrogen-bond donors (Lipinski definition) is 1. The van der Waals surface area contributed by atoms with Crippen molar-refractivity contribution in [3.05, 3.63) is 83.5 Å². The molecule has 3 rings (SSSR count). The molecule has 0 radical (unpaired) electrons. The molecule has 0 fully saturated rings. The van der Waals surface area contributed by atoms with E-state index in [0.29, 0.717) is 13.0 Å². The van der Waals surface area contributed by atoms with Crippen molar-refractivity contribution in [2.24, 2.45) is 16.5 Å². The third kappa shape index (κ3) is 5.59. The fourth-order valence-electron chi connectivity index (χ4n) is 3.70. The number of hydrogen-bond acceptors (Lipinski definition) is 5. The van der Waals surface area contributed by atoms with Crippen LogP contribution in [0.5, 0.6) is 0 Å². The van der Waals surface area contributed by atoms with Crippen molar-refractivity contribution in [1.82, 2.24) is 0 Å². The summed E-state index contributed by atoms with van der Waals surface area (Å²) >= 11 is 0. The average Bonchev–Trinajstić information content (AvgIpc) is 3.22. The number of carbonyl (C=O) groups is 1. The zero-order valence-electron chi connectivity index (χ0n) is 17.7. The van der Waals surface area contributed by atoms with Gasteiger partial charge in [-0.15, -0.1) is 0 Å². The van der Waals surface area contributed by atoms with Crippen LogP contribution >= 0.6 is 0 Å². The number of nitriles is 1. The minimum Gasteiger partial charge on any atom is -0.481 e. The van der Waals surface area contributed by atoms with Crippen LogP contribution in [0.25, 0.3) is 0 Å². The summed E-state index contributed by atoms with van der Waals surface area (Å²) in [5.74, 6) is -1.61. The Morgan fingerprint density at radius 3 is 2.77 bits per heavy atom. The topological polar surface area (TPSA) is 91.9 Å². The lowest BCUT2D eigenvalue weighted by Gasteiger charge is -2.22. The molecule has 0 spiro atoms. The molecule has 31 heavy (non-hydrogen) atoms. The second-order valence-corrected chi connectivity index (χ2v) is 7.75. The highest BCUT2D eigenvalue weighted by atomic mass is 16.6. The zero-order chi connectivity index (χ0) is 22.3. The maximum atomic E-state index is 10.9. The van der Waals surface area contributed by atoms with E-state index in [0.717, 1.165) is 22.4 Å². The Morgan fingerprint density at radius 1 is 1.39 bits per heavy atom. The molecule has 1 aromatic carbocycles. The summed E-state index contributed by atoms with van der Waals surface area (Å²) in [6.45, 7) is 2.51. The third-order valence-corrected chi connectivity index (χ3v) is 5.38. The van der Waals surface area contributed by atoms with E-state index in [2.05, 4.69) is 36.4 Å². The summed E-state index contributed by atoms with van der Waals surface area (Å²) in [5.41, 5.74) is 3.22. The first-order valence-corrected chi connectivity index (χ1v) is 10.1. The Morgan fingerprint density at radius 2 is 2.16 bits per heavy atom. The molecule has 2 aliphatic rings. The lowest BCUT2D eigenvalue weighted by Crippen LogP contribution is -2.23. The molecule has 2 atom stereocenters. The monoisotopic (exact) mass is 418 g/mol. The van der Waals surface area contributed by atoms with Gasteiger partial charge in [-0.3, -0.25) is 4.79 Å². The van der Waals surface area contributed by atoms with Gasteiger partial charge in [0.05, 0.1) is 36.5 Å². The lowest BCUT2D eigenvalue weighted by atomic mass is 9.83. The van der Waals surface area contributed by atoms with Crippen LogP contribution in [0.1, 0.15) is 30.9 Å². The molecule has 0 amide bonds. The van der Waals surface area contributed by atoms with Gasteiger partial charge in [0.2, 0.25) is 0 Å². The fourth-order valence-corrected chi connectivity index (χ4v) is 3.70. The molecular formula is C25H26N2O4. The zero-order valence-corrected chi connectivity index (χ0v) is 17.7. The molecule has 2 unspecified atom stereocenters. The molecule has 6 nitrogen and oxygen atoms in total. The summed E-state index contributed by atoms with van der Waals surface area (Å²) in [5, 5.41) is 22.4. The smallest absolute Gasteiger partial charge is 0.305 e. The van der Waals surface area contributed by atoms with Gasteiger partial charge in [-0.1, -0.05) is 65.9 Å². The van der Waals surface area contributed by atoms with E-state index in [9.17, 15) is 10.1 Å². The number of carboxylic acid groups (broad SMARTS) is 1. The van der Waals surface area contributed by atoms with Crippen molar-refractivity contribution in [2.45, 2.75) is 32.5 Å². The SMILES string of the molecule is CO/N=C(\c1cccc(COC2C=CC(C(C#N)CC(=O)O)=CC2)c1)C1(C)C=CC=C1. The van der Waals surface area contributed by atoms with Crippen molar-refractivity contribution in [3.63, 3.8) is 0 Å². The maximum absolute atomic E-state index is 10.9. The van der Waals surface area contributed by atoms with E-state index < -0.39 is 11.9 Å². The molecule has 2 aliphatic carbocycles. The van der Waals surface area contributed by atoms with E-state index >= 15 is 0 Å². The summed E-state index contributed by atoms with van der Waals surface area (Å²) in [6, 6.07) is 10.1. The van der Waals surface area contributed by atoms with Gasteiger partial charge in [-0.2, -0.15) is 5.26 Å². The molecule has 0 bridgehead atoms. The van der Waals surface area contributed by atoms with Gasteiger partial charge >= 0.3 is 5.97 Å². The van der Waals surface area contributed by atoms with E-state index in [-0.39, 0.29) is 17.9 Å². The molecule has 1 aromatic rings. The largest absolute Gasteiger partial charge is 0.481 e. The summed E-state index contributed by atoms with van der Waals surface area (Å²) in [6.07, 6.45) is 14.0. The van der Waals surface area contributed by atoms with Crippen LogP contribution in [0.3, 0.4) is 0 Å². The van der Waals surface area contributed by atoms with Crippen molar-refractivity contribution in [3.8, 4) is 6.07 Å². The van der Waals surface area contributed by atoms with Gasteiger partial charge in [0.25, 0.3) is 0 Å². The Bertz CT molecular complexity index is 999. The van der Waals surface area contributed by atoms with Crippen LogP contribution in [-0.4, -0.2) is 30.0 Å². The minimum absolute atomic E-state index is 0.123. The second-order valence-electron chi connectivity index (χ2n) is 7.75. The van der Waals surface area contributed by atoms with Gasteiger partial charge in [-0.25, -0.2) is 0 Å². The standard InChI is InChI=1S/C25H26N2O4/c1-25(12-3-4-13-25)24(27-30-2)20-7-5-6-18(14-20)17-31-22-10-8-19(9-11-22)21(16-26)15-23(28)29/h3-10,12-14,21-22H,11,15,17H2,1-2H3,(H,28,29)/b27-24+. The molecule has 0 aromatic heterocycles. The number of ether oxygens (including phenoxy) is 1. The van der Waals surface area contributed by atoms with Crippen molar-refractivity contribution >= 4 is 11.7 Å². The van der Waals surface area contributed by atoms with Gasteiger partial charge in [0.1, 0.15) is 12.8 Å². The number of allylic oxidation sites excluding steroid dienone is 6. The van der Waals surface area contributed by atoms with E-state index in [1.165, 1.54) is 0 Å². The Balaban J connectivity index is 1.64. The highest BCUT2D eigenvalue weighted by Gasteiger charge is 2.29. The second kappa shape index (κ2) is 10.1. The van der Waals surface area contributed by atoms with Crippen LogP contribution in [0.2, 0.25) is 0 Å². The number of aliphatic carboxylic acids is 1. The predicted molar refractivity (Wildman–Crippen MR) is 118 cm³/mol. The number of benzene rings is 1. The van der Waals surface area contributed by atoms with Gasteiger partial charge in [0, 0.05) is 5.56 Å². The highest BCUT2D eigenvalue weighted by molar-refractivity contribution is 6.07. The molecule has 0 saturated heterocycles. The average molecular weight is 418 g/mol. The predicted octanol–water partition coefficient (Wildman–Crippen LogP) is 4.56. The molecule has 0 heterocycles. The van der Waals surface area contributed by atoms with E-state index in [4.69, 9.17) is 14.7 Å². The van der Waals surface area contributed by atoms with Gasteiger partial charge < -0.3 is 14.7 Å². The van der Waals surface area contributed by atoms with Crippen molar-refractivity contribution in [2.75, 3.05) is 7.11 Å². The van der Waals surface area contributed by atoms with Crippen LogP contribution < -0.4 is 0 Å². The van der Waals surface area contributed by atoms with Gasteiger partial charge in [-0.05, 0) is 30.5 Å². The van der Waals surface area contributed by atoms with Gasteiger partial charge in [0.15, 0.2) is 0 Å². The van der Waals surface area contributed by atoms with Crippen molar-refractivity contribution in [1.29, 1.82) is 5.26 Å². The van der Waals surface area contributed by atoms with E-state index in [1.807, 2.05) is 42.5 Å². The maximum Gasteiger partial charge on any atom is 0.305 e. The molecule has 0 saturated carbocycles. The number of nitrogens with zero attached hydrogens (tertiary/aromatic N) is 2. The van der Waals surface area contributed by atoms with E-state index in [1.54, 1.807) is 13.2 Å². The van der Waals surface area contributed by atoms with Crippen molar-refractivity contribution < 1.29 is 19.5 Å². The van der Waals surface area contributed by atoms with Crippen LogP contribution in [-0.2, 0) is 21.0 Å². The highest BCUT2D eigenvalue weighted by Crippen LogP contribution is 2.31. The Hall–Kier alpha value is -3.43. The number of oxime groups is 1. The molecule has 160 valence electrons. The Kier molecular flexibility index (Phi) is 7.22. The van der Waals surface area contributed by atoms with Crippen LogP contribution in [0.15, 0.2) is 77.5 Å². The molecule has 0 aliphatic heterocycles. The normalized spacial score (nSPS) is 20.2. The fraction of sp³-hybridized carbons (Fsp3) is 0.320. The summed E-state index contributed by atoms with van der Waals surface area (Å²) < 4.78 is 6.03. The quantitative estimate of drug-likeness (QED) is 0.469. The molecule has 1 N–H and O–H groups in total. The molecule has 6 heteroatoms. The van der Waals surface area contributed by atoms with Crippen LogP contribution in [0.4, 0.5) is 0 Å². The first-order valence-electron chi connectivity index (χ1n) is 10.1. The first kappa shape index (κ1) is 22.3. The minimum atomic E-state index is -0.979.